The molecule has 2 aromatic heterocycles. The molecule has 1 aliphatic heterocycles. The summed E-state index contributed by atoms with van der Waals surface area (Å²) in [6, 6.07) is 19.9. The molecule has 1 N–H and O–H groups in total. The maximum absolute atomic E-state index is 5.86. The molecule has 0 amide bonds. The molecule has 154 valence electrons. The largest absolute Gasteiger partial charge is 0.351 e. The fraction of sp³-hybridized carbons (Fsp3) is 0.360. The Hall–Kier alpha value is -2.66. The van der Waals surface area contributed by atoms with Gasteiger partial charge in [-0.15, -0.1) is 0 Å². The zero-order chi connectivity index (χ0) is 20.5. The highest BCUT2D eigenvalue weighted by Gasteiger charge is 2.42. The highest BCUT2D eigenvalue weighted by atomic mass is 32.1. The van der Waals surface area contributed by atoms with Crippen molar-refractivity contribution in [1.82, 2.24) is 14.9 Å². The normalized spacial score (nSPS) is 22.3. The Labute approximate surface area is 183 Å². The standard InChI is InChI=1S/C25H28N4S/c1-18-12-14-20(15-13-18)29-24(23(27-25(29)30)21-10-5-6-16-26-21)22-11-7-17-28(22)19-8-3-2-4-9-19/h5-7,10-17,19,23-24H,2-4,8-9H2,1H3,(H,27,30). The number of aryl methyl sites for hydroxylation is 1. The lowest BCUT2D eigenvalue weighted by molar-refractivity contribution is 0.340. The summed E-state index contributed by atoms with van der Waals surface area (Å²) >= 11 is 5.86. The van der Waals surface area contributed by atoms with Crippen LogP contribution in [0.4, 0.5) is 5.69 Å². The first kappa shape index (κ1) is 19.3. The molecule has 5 heteroatoms. The Morgan fingerprint density at radius 2 is 1.77 bits per heavy atom. The maximum Gasteiger partial charge on any atom is 0.174 e. The van der Waals surface area contributed by atoms with E-state index in [-0.39, 0.29) is 12.1 Å². The summed E-state index contributed by atoms with van der Waals surface area (Å²) in [5.41, 5.74) is 4.71. The third kappa shape index (κ3) is 3.52. The molecule has 1 saturated carbocycles. The van der Waals surface area contributed by atoms with E-state index >= 15 is 0 Å². The SMILES string of the molecule is Cc1ccc(N2C(=S)NC(c3ccccn3)C2c2cccn2C2CCCCC2)cc1. The maximum atomic E-state index is 5.86. The van der Waals surface area contributed by atoms with Crippen LogP contribution < -0.4 is 10.2 Å². The van der Waals surface area contributed by atoms with Crippen LogP contribution >= 0.6 is 12.2 Å². The van der Waals surface area contributed by atoms with Crippen LogP contribution in [0.3, 0.4) is 0 Å². The van der Waals surface area contributed by atoms with Gasteiger partial charge in [-0.25, -0.2) is 0 Å². The summed E-state index contributed by atoms with van der Waals surface area (Å²) in [5.74, 6) is 0. The molecule has 3 aromatic rings. The minimum Gasteiger partial charge on any atom is -0.351 e. The van der Waals surface area contributed by atoms with Gasteiger partial charge in [-0.3, -0.25) is 4.98 Å². The third-order valence-electron chi connectivity index (χ3n) is 6.49. The molecule has 30 heavy (non-hydrogen) atoms. The zero-order valence-corrected chi connectivity index (χ0v) is 18.2. The first-order valence-electron chi connectivity index (χ1n) is 11.0. The van der Waals surface area contributed by atoms with Crippen molar-refractivity contribution in [2.45, 2.75) is 57.2 Å². The first-order valence-corrected chi connectivity index (χ1v) is 11.4. The summed E-state index contributed by atoms with van der Waals surface area (Å²) in [6.07, 6.45) is 10.6. The van der Waals surface area contributed by atoms with Crippen molar-refractivity contribution in [2.75, 3.05) is 4.90 Å². The van der Waals surface area contributed by atoms with Crippen molar-refractivity contribution >= 4 is 23.0 Å². The van der Waals surface area contributed by atoms with Gasteiger partial charge < -0.3 is 14.8 Å². The Balaban J connectivity index is 1.61. The van der Waals surface area contributed by atoms with E-state index in [1.165, 1.54) is 43.4 Å². The molecule has 2 unspecified atom stereocenters. The summed E-state index contributed by atoms with van der Waals surface area (Å²) in [5, 5.41) is 4.34. The van der Waals surface area contributed by atoms with Crippen molar-refractivity contribution in [3.63, 3.8) is 0 Å². The average molecular weight is 417 g/mol. The molecule has 5 rings (SSSR count). The fourth-order valence-corrected chi connectivity index (χ4v) is 5.33. The summed E-state index contributed by atoms with van der Waals surface area (Å²) < 4.78 is 2.51. The molecule has 1 aliphatic carbocycles. The Morgan fingerprint density at radius 3 is 2.50 bits per heavy atom. The van der Waals surface area contributed by atoms with E-state index in [0.717, 1.165) is 16.5 Å². The van der Waals surface area contributed by atoms with Gasteiger partial charge in [0.2, 0.25) is 0 Å². The van der Waals surface area contributed by atoms with Crippen molar-refractivity contribution < 1.29 is 0 Å². The number of hydrogen-bond acceptors (Lipinski definition) is 2. The second kappa shape index (κ2) is 8.23. The summed E-state index contributed by atoms with van der Waals surface area (Å²) in [4.78, 5) is 6.96. The van der Waals surface area contributed by atoms with Gasteiger partial charge in [-0.1, -0.05) is 43.0 Å². The molecule has 0 bridgehead atoms. The van der Waals surface area contributed by atoms with E-state index < -0.39 is 0 Å². The molecular formula is C25H28N4S. The molecule has 0 spiro atoms. The van der Waals surface area contributed by atoms with Crippen LogP contribution in [0.25, 0.3) is 0 Å². The van der Waals surface area contributed by atoms with Crippen molar-refractivity contribution in [1.29, 1.82) is 0 Å². The van der Waals surface area contributed by atoms with Gasteiger partial charge in [0.1, 0.15) is 6.04 Å². The van der Waals surface area contributed by atoms with Gasteiger partial charge in [0.05, 0.1) is 11.7 Å². The van der Waals surface area contributed by atoms with Crippen LogP contribution in [-0.2, 0) is 0 Å². The number of nitrogens with one attached hydrogen (secondary N) is 1. The topological polar surface area (TPSA) is 33.1 Å². The van der Waals surface area contributed by atoms with Crippen LogP contribution in [0.1, 0.15) is 67.2 Å². The van der Waals surface area contributed by atoms with Crippen LogP contribution in [0.15, 0.2) is 67.0 Å². The predicted molar refractivity (Wildman–Crippen MR) is 126 cm³/mol. The van der Waals surface area contributed by atoms with Crippen LogP contribution in [0.2, 0.25) is 0 Å². The number of anilines is 1. The number of nitrogens with zero attached hydrogens (tertiary/aromatic N) is 3. The van der Waals surface area contributed by atoms with E-state index in [2.05, 4.69) is 81.4 Å². The number of rotatable bonds is 4. The third-order valence-corrected chi connectivity index (χ3v) is 6.81. The lowest BCUT2D eigenvalue weighted by Gasteiger charge is -2.32. The fourth-order valence-electron chi connectivity index (χ4n) is 4.99. The van der Waals surface area contributed by atoms with E-state index in [9.17, 15) is 0 Å². The van der Waals surface area contributed by atoms with Crippen molar-refractivity contribution in [3.8, 4) is 0 Å². The monoisotopic (exact) mass is 416 g/mol. The predicted octanol–water partition coefficient (Wildman–Crippen LogP) is 5.87. The molecule has 4 nitrogen and oxygen atoms in total. The Kier molecular flexibility index (Phi) is 5.30. The molecule has 2 fully saturated rings. The van der Waals surface area contributed by atoms with Crippen molar-refractivity contribution in [2.24, 2.45) is 0 Å². The summed E-state index contributed by atoms with van der Waals surface area (Å²) in [6.45, 7) is 2.12. The first-order chi connectivity index (χ1) is 14.7. The quantitative estimate of drug-likeness (QED) is 0.539. The molecule has 2 aliphatic rings. The molecule has 1 saturated heterocycles. The molecule has 2 atom stereocenters. The van der Waals surface area contributed by atoms with Crippen LogP contribution in [0, 0.1) is 6.92 Å². The molecule has 0 radical (unpaired) electrons. The van der Waals surface area contributed by atoms with Gasteiger partial charge in [0.15, 0.2) is 5.11 Å². The lowest BCUT2D eigenvalue weighted by atomic mass is 9.94. The minimum absolute atomic E-state index is 0.0113. The van der Waals surface area contributed by atoms with Gasteiger partial charge in [-0.2, -0.15) is 0 Å². The number of benzene rings is 1. The zero-order valence-electron chi connectivity index (χ0n) is 17.4. The van der Waals surface area contributed by atoms with E-state index in [4.69, 9.17) is 12.2 Å². The Bertz CT molecular complexity index is 1010. The van der Waals surface area contributed by atoms with Gasteiger partial charge >= 0.3 is 0 Å². The summed E-state index contributed by atoms with van der Waals surface area (Å²) in [7, 11) is 0. The smallest absolute Gasteiger partial charge is 0.174 e. The van der Waals surface area contributed by atoms with Gasteiger partial charge in [0.25, 0.3) is 0 Å². The molecule has 1 aromatic carbocycles. The van der Waals surface area contributed by atoms with Crippen molar-refractivity contribution in [3.05, 3.63) is 83.9 Å². The number of thiocarbonyl (C=S) groups is 1. The highest BCUT2D eigenvalue weighted by molar-refractivity contribution is 7.80. The van der Waals surface area contributed by atoms with Gasteiger partial charge in [-0.05, 0) is 68.4 Å². The van der Waals surface area contributed by atoms with E-state index in [1.54, 1.807) is 0 Å². The molecular weight excluding hydrogens is 388 g/mol. The van der Waals surface area contributed by atoms with Crippen LogP contribution in [-0.4, -0.2) is 14.7 Å². The second-order valence-electron chi connectivity index (χ2n) is 8.46. The van der Waals surface area contributed by atoms with E-state index in [1.807, 2.05) is 12.3 Å². The minimum atomic E-state index is 0.0113. The average Bonchev–Trinajstić information content (AvgIpc) is 3.40. The number of hydrogen-bond donors (Lipinski definition) is 1. The highest BCUT2D eigenvalue weighted by Crippen LogP contribution is 2.43. The second-order valence-corrected chi connectivity index (χ2v) is 8.85. The van der Waals surface area contributed by atoms with Gasteiger partial charge in [0, 0.05) is 29.8 Å². The molecule has 3 heterocycles. The number of pyridine rings is 1. The van der Waals surface area contributed by atoms with E-state index in [0.29, 0.717) is 6.04 Å². The Morgan fingerprint density at radius 1 is 0.967 bits per heavy atom. The lowest BCUT2D eigenvalue weighted by Crippen LogP contribution is -2.31. The number of aromatic nitrogens is 2. The van der Waals surface area contributed by atoms with Crippen LogP contribution in [0.5, 0.6) is 0 Å².